The average molecular weight is 894 g/mol. The second kappa shape index (κ2) is 38.2. The van der Waals surface area contributed by atoms with E-state index in [1.165, 1.54) is 122 Å². The largest absolute Gasteiger partial charge is 0.479 e. The van der Waals surface area contributed by atoms with Crippen LogP contribution in [0.15, 0.2) is 0 Å². The molecule has 1 aliphatic rings. The number of aliphatic carboxylic acids is 1. The van der Waals surface area contributed by atoms with Crippen molar-refractivity contribution in [1.82, 2.24) is 5.32 Å². The Morgan fingerprint density at radius 1 is 0.623 bits per heavy atom. The minimum Gasteiger partial charge on any atom is -0.479 e. The maximum atomic E-state index is 13.3. The number of aliphatic hydroxyl groups is 2. The lowest BCUT2D eigenvalue weighted by Gasteiger charge is -2.44. The molecule has 1 saturated heterocycles. The van der Waals surface area contributed by atoms with E-state index >= 15 is 0 Å². The van der Waals surface area contributed by atoms with Gasteiger partial charge in [0, 0.05) is 13.2 Å². The molecule has 1 fully saturated rings. The number of carbonyl (C=O) groups is 2. The van der Waals surface area contributed by atoms with Crippen LogP contribution in [0.2, 0.25) is 0 Å². The van der Waals surface area contributed by atoms with Gasteiger partial charge in [-0.1, -0.05) is 194 Å². The molecule has 0 bridgehead atoms. The molecule has 14 heteroatoms. The second-order valence-electron chi connectivity index (χ2n) is 17.7. The lowest BCUT2D eigenvalue weighted by Crippen LogP contribution is -2.67. The number of nitrogens with one attached hydrogen (secondary N) is 1. The number of carboxylic acids is 1. The molecule has 0 aromatic carbocycles. The van der Waals surface area contributed by atoms with E-state index in [0.29, 0.717) is 19.4 Å². The highest BCUT2D eigenvalue weighted by Gasteiger charge is 2.52. The van der Waals surface area contributed by atoms with Crippen molar-refractivity contribution in [3.63, 3.8) is 0 Å². The van der Waals surface area contributed by atoms with Gasteiger partial charge in [0.1, 0.15) is 18.3 Å². The molecule has 362 valence electrons. The molecular weight excluding hydrogens is 801 g/mol. The summed E-state index contributed by atoms with van der Waals surface area (Å²) >= 11 is 0. The fourth-order valence-corrected chi connectivity index (χ4v) is 8.93. The molecule has 0 aliphatic carbocycles. The Kier molecular flexibility index (Phi) is 36.2. The van der Waals surface area contributed by atoms with Crippen LogP contribution in [0.25, 0.3) is 0 Å². The Morgan fingerprint density at radius 2 is 1.07 bits per heavy atom. The van der Waals surface area contributed by atoms with Crippen LogP contribution in [0.5, 0.6) is 0 Å². The summed E-state index contributed by atoms with van der Waals surface area (Å²) < 4.78 is 35.5. The molecule has 0 unspecified atom stereocenters. The van der Waals surface area contributed by atoms with Crippen LogP contribution in [-0.2, 0) is 32.9 Å². The molecule has 1 heterocycles. The zero-order chi connectivity index (χ0) is 45.0. The summed E-state index contributed by atoms with van der Waals surface area (Å²) in [6.45, 7) is 6.46. The van der Waals surface area contributed by atoms with E-state index in [2.05, 4.69) is 26.1 Å². The molecule has 13 nitrogen and oxygen atoms in total. The van der Waals surface area contributed by atoms with E-state index in [1.54, 1.807) is 0 Å². The van der Waals surface area contributed by atoms with Crippen LogP contribution >= 0.6 is 7.82 Å². The van der Waals surface area contributed by atoms with Gasteiger partial charge in [0.2, 0.25) is 5.91 Å². The Hall–Kier alpha value is -1.15. The number of amides is 1. The van der Waals surface area contributed by atoms with Crippen molar-refractivity contribution in [2.45, 2.75) is 269 Å². The zero-order valence-corrected chi connectivity index (χ0v) is 39.7. The van der Waals surface area contributed by atoms with Crippen molar-refractivity contribution in [2.24, 2.45) is 0 Å². The molecule has 6 N–H and O–H groups in total. The van der Waals surface area contributed by atoms with Gasteiger partial charge in [-0.2, -0.15) is 0 Å². The van der Waals surface area contributed by atoms with Gasteiger partial charge < -0.3 is 44.6 Å². The number of phosphoric acid groups is 1. The molecule has 0 saturated carbocycles. The number of hydrogen-bond donors (Lipinski definition) is 6. The smallest absolute Gasteiger partial charge is 0.470 e. The van der Waals surface area contributed by atoms with Crippen molar-refractivity contribution in [3.05, 3.63) is 0 Å². The molecule has 61 heavy (non-hydrogen) atoms. The second-order valence-corrected chi connectivity index (χ2v) is 18.9. The first-order valence-corrected chi connectivity index (χ1v) is 26.4. The van der Waals surface area contributed by atoms with Gasteiger partial charge in [0.25, 0.3) is 0 Å². The van der Waals surface area contributed by atoms with Gasteiger partial charge in [-0.05, 0) is 25.7 Å². The maximum absolute atomic E-state index is 13.3. The van der Waals surface area contributed by atoms with E-state index in [1.807, 2.05) is 0 Å². The highest BCUT2D eigenvalue weighted by Crippen LogP contribution is 2.42. The van der Waals surface area contributed by atoms with Gasteiger partial charge in [0.05, 0.1) is 31.3 Å². The topological polar surface area (TPSA) is 201 Å². The zero-order valence-electron chi connectivity index (χ0n) is 38.8. The van der Waals surface area contributed by atoms with Crippen LogP contribution in [0.3, 0.4) is 0 Å². The number of carbonyl (C=O) groups excluding carboxylic acids is 1. The Labute approximate surface area is 370 Å². The summed E-state index contributed by atoms with van der Waals surface area (Å²) in [6.07, 6.45) is 27.0. The summed E-state index contributed by atoms with van der Waals surface area (Å²) in [5, 5.41) is 33.7. The third-order valence-electron chi connectivity index (χ3n) is 12.0. The lowest BCUT2D eigenvalue weighted by molar-refractivity contribution is -0.213. The summed E-state index contributed by atoms with van der Waals surface area (Å²) in [5.41, 5.74) is 0. The number of aliphatic hydroxyl groups excluding tert-OH is 2. The standard InChI is InChI=1S/C47H92NO12P/c1-4-7-10-13-16-19-22-25-28-31-35-57-40(33-30-27-24-21-18-15-12-9-6-3)34-36-58-45-43(46(47(52)53)59-41(38-49)44(45)60-61(54,55)56)48-42(51)37-39(50)32-29-26-23-20-17-14-11-8-5-2/h39-41,43-46,49-50H,4-38H2,1-3H3,(H,48,51)(H,52,53)(H2,54,55,56)/t39-,40-,41-,43-,44-,45-,46+/m1/s1. The number of rotatable bonds is 43. The van der Waals surface area contributed by atoms with Crippen LogP contribution in [0.4, 0.5) is 0 Å². The minimum absolute atomic E-state index is 0.0178. The van der Waals surface area contributed by atoms with Crippen molar-refractivity contribution in [3.8, 4) is 0 Å². The number of hydrogen-bond acceptors (Lipinski definition) is 9. The first-order valence-electron chi connectivity index (χ1n) is 24.9. The molecule has 1 rings (SSSR count). The predicted octanol–water partition coefficient (Wildman–Crippen LogP) is 10.5. The van der Waals surface area contributed by atoms with Gasteiger partial charge in [-0.15, -0.1) is 0 Å². The summed E-state index contributed by atoms with van der Waals surface area (Å²) in [6, 6.07) is -1.44. The van der Waals surface area contributed by atoms with Crippen LogP contribution in [-0.4, -0.2) is 99.5 Å². The molecule has 0 spiro atoms. The normalized spacial score (nSPS) is 20.5. The number of unbranched alkanes of at least 4 members (excludes halogenated alkanes) is 25. The SMILES string of the molecule is CCCCCCCCCCCCO[C@H](CCCCCCCCCCC)CCO[C@@H]1[C@@H](NC(=O)C[C@H](O)CCCCCCCCCCC)[C@@H](C(=O)O)O[C@H](CO)[C@H]1OP(=O)(O)O. The molecule has 7 atom stereocenters. The van der Waals surface area contributed by atoms with Crippen LogP contribution in [0, 0.1) is 0 Å². The average Bonchev–Trinajstić information content (AvgIpc) is 3.21. The first-order chi connectivity index (χ1) is 29.5. The van der Waals surface area contributed by atoms with Gasteiger partial charge in [-0.25, -0.2) is 9.36 Å². The van der Waals surface area contributed by atoms with Gasteiger partial charge in [-0.3, -0.25) is 9.32 Å². The van der Waals surface area contributed by atoms with E-state index in [4.69, 9.17) is 18.7 Å². The van der Waals surface area contributed by atoms with Gasteiger partial charge in [0.15, 0.2) is 6.10 Å². The van der Waals surface area contributed by atoms with Crippen LogP contribution in [0.1, 0.15) is 226 Å². The van der Waals surface area contributed by atoms with E-state index in [9.17, 15) is 39.3 Å². The highest BCUT2D eigenvalue weighted by molar-refractivity contribution is 7.46. The summed E-state index contributed by atoms with van der Waals surface area (Å²) in [5.74, 6) is -2.11. The third kappa shape index (κ3) is 30.6. The van der Waals surface area contributed by atoms with Crippen molar-refractivity contribution < 1.29 is 58.0 Å². The maximum Gasteiger partial charge on any atom is 0.470 e. The first kappa shape index (κ1) is 57.9. The Morgan fingerprint density at radius 3 is 1.51 bits per heavy atom. The van der Waals surface area contributed by atoms with Gasteiger partial charge >= 0.3 is 13.8 Å². The van der Waals surface area contributed by atoms with Crippen molar-refractivity contribution in [2.75, 3.05) is 19.8 Å². The fraction of sp³-hybridized carbons (Fsp3) is 0.957. The molecule has 0 aromatic rings. The summed E-state index contributed by atoms with van der Waals surface area (Å²) in [4.78, 5) is 45.5. The number of ether oxygens (including phenoxy) is 3. The molecule has 0 aromatic heterocycles. The third-order valence-corrected chi connectivity index (χ3v) is 12.5. The predicted molar refractivity (Wildman–Crippen MR) is 242 cm³/mol. The Balaban J connectivity index is 2.94. The summed E-state index contributed by atoms with van der Waals surface area (Å²) in [7, 11) is -5.19. The lowest BCUT2D eigenvalue weighted by atomic mass is 9.92. The van der Waals surface area contributed by atoms with Crippen molar-refractivity contribution in [1.29, 1.82) is 0 Å². The Bertz CT molecular complexity index is 1100. The van der Waals surface area contributed by atoms with E-state index < -0.39 is 62.9 Å². The number of phosphoric ester groups is 1. The molecule has 1 amide bonds. The van der Waals surface area contributed by atoms with E-state index in [-0.39, 0.29) is 19.1 Å². The van der Waals surface area contributed by atoms with Crippen molar-refractivity contribution >= 4 is 19.7 Å². The monoisotopic (exact) mass is 894 g/mol. The fourth-order valence-electron chi connectivity index (χ4n) is 8.36. The van der Waals surface area contributed by atoms with Crippen LogP contribution < -0.4 is 5.32 Å². The minimum atomic E-state index is -5.19. The van der Waals surface area contributed by atoms with E-state index in [0.717, 1.165) is 64.2 Å². The molecule has 1 aliphatic heterocycles. The molecule has 0 radical (unpaired) electrons. The number of carboxylic acid groups (broad SMARTS) is 1. The molecular formula is C47H92NO12P. The quantitative estimate of drug-likeness (QED) is 0.0250. The highest BCUT2D eigenvalue weighted by atomic mass is 31.2.